The van der Waals surface area contributed by atoms with Gasteiger partial charge in [-0.15, -0.1) is 0 Å². The highest BCUT2D eigenvalue weighted by molar-refractivity contribution is 6.70. The highest BCUT2D eigenvalue weighted by atomic mass is 28.4. The molecular formula is C20H38O6Si2. The van der Waals surface area contributed by atoms with Gasteiger partial charge in [-0.25, -0.2) is 0 Å². The molecule has 0 fully saturated rings. The van der Waals surface area contributed by atoms with Crippen LogP contribution in [0.5, 0.6) is 11.5 Å². The first-order valence-electron chi connectivity index (χ1n) is 9.95. The minimum absolute atomic E-state index is 0.470. The molecule has 0 aliphatic heterocycles. The van der Waals surface area contributed by atoms with E-state index >= 15 is 0 Å². The average molecular weight is 431 g/mol. The second-order valence-corrected chi connectivity index (χ2v) is 17.3. The number of benzene rings is 1. The van der Waals surface area contributed by atoms with E-state index in [0.717, 1.165) is 0 Å². The van der Waals surface area contributed by atoms with Crippen molar-refractivity contribution in [1.82, 2.24) is 0 Å². The van der Waals surface area contributed by atoms with Crippen LogP contribution in [0.4, 0.5) is 0 Å². The summed E-state index contributed by atoms with van der Waals surface area (Å²) < 4.78 is 34.2. The van der Waals surface area contributed by atoms with Crippen molar-refractivity contribution in [3.63, 3.8) is 0 Å². The molecule has 0 amide bonds. The monoisotopic (exact) mass is 430 g/mol. The van der Waals surface area contributed by atoms with Gasteiger partial charge in [0.15, 0.2) is 28.1 Å². The van der Waals surface area contributed by atoms with E-state index < -0.39 is 16.6 Å². The topological polar surface area (TPSA) is 55.4 Å². The Hall–Kier alpha value is -0.906. The molecule has 0 heterocycles. The Morgan fingerprint density at radius 2 is 0.893 bits per heavy atom. The minimum Gasteiger partial charge on any atom is -0.487 e. The molecule has 0 aromatic heterocycles. The molecule has 1 rings (SSSR count). The largest absolute Gasteiger partial charge is 0.487 e. The highest BCUT2D eigenvalue weighted by Gasteiger charge is 2.14. The molecule has 0 aliphatic rings. The van der Waals surface area contributed by atoms with Gasteiger partial charge in [0.25, 0.3) is 0 Å². The molecule has 0 saturated carbocycles. The van der Waals surface area contributed by atoms with Gasteiger partial charge >= 0.3 is 0 Å². The maximum Gasteiger partial charge on any atom is 0.183 e. The smallest absolute Gasteiger partial charge is 0.183 e. The summed E-state index contributed by atoms with van der Waals surface area (Å²) in [4.78, 5) is 0. The van der Waals surface area contributed by atoms with Crippen molar-refractivity contribution in [3.05, 3.63) is 24.3 Å². The molecule has 1 aromatic rings. The first-order chi connectivity index (χ1) is 13.2. The van der Waals surface area contributed by atoms with Gasteiger partial charge in [0, 0.05) is 0 Å². The van der Waals surface area contributed by atoms with Gasteiger partial charge in [0.05, 0.1) is 39.6 Å². The van der Waals surface area contributed by atoms with Crippen molar-refractivity contribution in [2.24, 2.45) is 0 Å². The Kier molecular flexibility index (Phi) is 12.0. The van der Waals surface area contributed by atoms with Gasteiger partial charge in [-0.05, 0) is 51.4 Å². The Morgan fingerprint density at radius 1 is 0.536 bits per heavy atom. The van der Waals surface area contributed by atoms with E-state index in [0.29, 0.717) is 64.4 Å². The molecule has 1 aromatic carbocycles. The van der Waals surface area contributed by atoms with Crippen molar-refractivity contribution < 1.29 is 27.8 Å². The first-order valence-corrected chi connectivity index (χ1v) is 16.8. The summed E-state index contributed by atoms with van der Waals surface area (Å²) >= 11 is 0. The number of hydrogen-bond acceptors (Lipinski definition) is 6. The molecular weight excluding hydrogens is 392 g/mol. The van der Waals surface area contributed by atoms with Crippen molar-refractivity contribution >= 4 is 16.6 Å². The van der Waals surface area contributed by atoms with Gasteiger partial charge < -0.3 is 27.8 Å². The lowest BCUT2D eigenvalue weighted by Crippen LogP contribution is -2.27. The Balaban J connectivity index is 2.15. The van der Waals surface area contributed by atoms with Crippen LogP contribution in [-0.4, -0.2) is 69.5 Å². The minimum atomic E-state index is -1.46. The Bertz CT molecular complexity index is 481. The van der Waals surface area contributed by atoms with E-state index in [2.05, 4.69) is 39.3 Å². The summed E-state index contributed by atoms with van der Waals surface area (Å²) in [7, 11) is -2.92. The number of hydrogen-bond donors (Lipinski definition) is 0. The summed E-state index contributed by atoms with van der Waals surface area (Å²) in [5.74, 6) is 1.43. The molecule has 0 unspecified atom stereocenters. The van der Waals surface area contributed by atoms with E-state index in [1.807, 2.05) is 24.3 Å². The predicted molar refractivity (Wildman–Crippen MR) is 118 cm³/mol. The fourth-order valence-corrected chi connectivity index (χ4v) is 3.52. The molecule has 0 radical (unpaired) electrons. The van der Waals surface area contributed by atoms with Gasteiger partial charge in [0.2, 0.25) is 0 Å². The standard InChI is InChI=1S/C20H38O6Si2/c1-27(2,3)25-17-13-21-11-15-23-19-9-7-8-10-20(19)24-16-12-22-14-18-26-28(4,5)6/h7-10H,11-18H2,1-6H3. The van der Waals surface area contributed by atoms with Crippen LogP contribution in [0.1, 0.15) is 0 Å². The second kappa shape index (κ2) is 13.3. The van der Waals surface area contributed by atoms with Crippen molar-refractivity contribution in [1.29, 1.82) is 0 Å². The highest BCUT2D eigenvalue weighted by Crippen LogP contribution is 2.26. The summed E-state index contributed by atoms with van der Waals surface area (Å²) in [6, 6.07) is 7.64. The van der Waals surface area contributed by atoms with Crippen LogP contribution in [0.2, 0.25) is 39.3 Å². The molecule has 0 bridgehead atoms. The van der Waals surface area contributed by atoms with E-state index in [1.54, 1.807) is 0 Å². The molecule has 0 spiro atoms. The molecule has 0 atom stereocenters. The molecule has 8 heteroatoms. The van der Waals surface area contributed by atoms with Crippen molar-refractivity contribution in [2.45, 2.75) is 39.3 Å². The van der Waals surface area contributed by atoms with Gasteiger partial charge in [-0.1, -0.05) is 12.1 Å². The van der Waals surface area contributed by atoms with E-state index in [9.17, 15) is 0 Å². The maximum atomic E-state index is 5.78. The predicted octanol–water partition coefficient (Wildman–Crippen LogP) is 4.18. The summed E-state index contributed by atoms with van der Waals surface area (Å²) in [5.41, 5.74) is 0. The zero-order valence-corrected chi connectivity index (χ0v) is 20.4. The number of rotatable bonds is 16. The van der Waals surface area contributed by atoms with Crippen LogP contribution in [0.3, 0.4) is 0 Å². The van der Waals surface area contributed by atoms with Gasteiger partial charge in [0.1, 0.15) is 13.2 Å². The zero-order chi connectivity index (χ0) is 20.9. The summed E-state index contributed by atoms with van der Waals surface area (Å²) in [6.07, 6.45) is 0. The lowest BCUT2D eigenvalue weighted by molar-refractivity contribution is 0.0684. The second-order valence-electron chi connectivity index (χ2n) is 8.29. The summed E-state index contributed by atoms with van der Waals surface area (Å²) in [5, 5.41) is 0. The number of ether oxygens (including phenoxy) is 4. The van der Waals surface area contributed by atoms with Crippen LogP contribution in [0, 0.1) is 0 Å². The van der Waals surface area contributed by atoms with Gasteiger partial charge in [-0.2, -0.15) is 0 Å². The third kappa shape index (κ3) is 14.1. The van der Waals surface area contributed by atoms with E-state index in [-0.39, 0.29) is 0 Å². The molecule has 0 saturated heterocycles. The fraction of sp³-hybridized carbons (Fsp3) is 0.700. The van der Waals surface area contributed by atoms with E-state index in [4.69, 9.17) is 27.8 Å². The lowest BCUT2D eigenvalue weighted by atomic mass is 10.3. The number of para-hydroxylation sites is 2. The van der Waals surface area contributed by atoms with Crippen molar-refractivity contribution in [2.75, 3.05) is 52.9 Å². The molecule has 162 valence electrons. The first kappa shape index (κ1) is 25.1. The van der Waals surface area contributed by atoms with Gasteiger partial charge in [-0.3, -0.25) is 0 Å². The van der Waals surface area contributed by atoms with Crippen LogP contribution in [0.15, 0.2) is 24.3 Å². The SMILES string of the molecule is C[Si](C)(C)OCCOCCOc1ccccc1OCCOCCO[Si](C)(C)C. The Labute approximate surface area is 172 Å². The van der Waals surface area contributed by atoms with E-state index in [1.165, 1.54) is 0 Å². The maximum absolute atomic E-state index is 5.78. The zero-order valence-electron chi connectivity index (χ0n) is 18.4. The fourth-order valence-electron chi connectivity index (χ4n) is 2.13. The van der Waals surface area contributed by atoms with Crippen LogP contribution >= 0.6 is 0 Å². The van der Waals surface area contributed by atoms with Crippen LogP contribution in [-0.2, 0) is 18.3 Å². The molecule has 6 nitrogen and oxygen atoms in total. The normalized spacial score (nSPS) is 12.2. The van der Waals surface area contributed by atoms with Crippen molar-refractivity contribution in [3.8, 4) is 11.5 Å². The third-order valence-corrected chi connectivity index (χ3v) is 5.49. The third-order valence-electron chi connectivity index (χ3n) is 3.35. The lowest BCUT2D eigenvalue weighted by Gasteiger charge is -2.17. The molecule has 0 aliphatic carbocycles. The molecule has 0 N–H and O–H groups in total. The average Bonchev–Trinajstić information content (AvgIpc) is 2.59. The molecule has 28 heavy (non-hydrogen) atoms. The van der Waals surface area contributed by atoms with Crippen LogP contribution < -0.4 is 9.47 Å². The van der Waals surface area contributed by atoms with Crippen LogP contribution in [0.25, 0.3) is 0 Å². The quantitative estimate of drug-likeness (QED) is 0.290. The Morgan fingerprint density at radius 3 is 1.25 bits per heavy atom. The summed E-state index contributed by atoms with van der Waals surface area (Å²) in [6.45, 7) is 17.4.